The molecular weight excluding hydrogens is 468 g/mol. The predicted molar refractivity (Wildman–Crippen MR) is 136 cm³/mol. The highest BCUT2D eigenvalue weighted by molar-refractivity contribution is 7.91. The molecule has 0 aliphatic heterocycles. The Hall–Kier alpha value is -3.23. The van der Waals surface area contributed by atoms with E-state index in [4.69, 9.17) is 4.74 Å². The van der Waals surface area contributed by atoms with Gasteiger partial charge in [0.05, 0.1) is 34.0 Å². The Balaban J connectivity index is 1.60. The number of carbonyl (C=O) groups excluding carboxylic acids is 1. The van der Waals surface area contributed by atoms with E-state index >= 15 is 0 Å². The average Bonchev–Trinajstić information content (AvgIpc) is 3.25. The van der Waals surface area contributed by atoms with E-state index in [0.29, 0.717) is 18.3 Å². The maximum atomic E-state index is 13.3. The first-order valence-electron chi connectivity index (χ1n) is 11.0. The molecule has 0 fully saturated rings. The molecule has 1 aromatic heterocycles. The van der Waals surface area contributed by atoms with E-state index in [1.54, 1.807) is 29.2 Å². The molecule has 0 N–H and O–H groups in total. The van der Waals surface area contributed by atoms with E-state index in [-0.39, 0.29) is 23.0 Å². The minimum absolute atomic E-state index is 0.136. The highest BCUT2D eigenvalue weighted by Gasteiger charge is 2.23. The fourth-order valence-corrected chi connectivity index (χ4v) is 5.75. The molecular formula is C26H26N2O4S2. The van der Waals surface area contributed by atoms with Crippen LogP contribution in [0.25, 0.3) is 10.2 Å². The number of thiazole rings is 1. The lowest BCUT2D eigenvalue weighted by Crippen LogP contribution is -2.31. The van der Waals surface area contributed by atoms with Gasteiger partial charge < -0.3 is 4.74 Å². The number of ether oxygens (including phenoxy) is 1. The van der Waals surface area contributed by atoms with Gasteiger partial charge in [-0.3, -0.25) is 9.69 Å². The van der Waals surface area contributed by atoms with Crippen LogP contribution >= 0.6 is 11.3 Å². The lowest BCUT2D eigenvalue weighted by Gasteiger charge is -2.20. The van der Waals surface area contributed by atoms with Crippen LogP contribution in [0.3, 0.4) is 0 Å². The second kappa shape index (κ2) is 10.4. The average molecular weight is 495 g/mol. The van der Waals surface area contributed by atoms with Gasteiger partial charge in [-0.25, -0.2) is 13.4 Å². The van der Waals surface area contributed by atoms with Crippen molar-refractivity contribution in [3.63, 3.8) is 0 Å². The van der Waals surface area contributed by atoms with Gasteiger partial charge in [0.25, 0.3) is 0 Å². The first-order valence-corrected chi connectivity index (χ1v) is 13.5. The zero-order valence-corrected chi connectivity index (χ0v) is 20.7. The predicted octanol–water partition coefficient (Wildman–Crippen LogP) is 5.40. The number of nitrogens with zero attached hydrogens (tertiary/aromatic N) is 2. The molecule has 176 valence electrons. The molecule has 0 radical (unpaired) electrons. The van der Waals surface area contributed by atoms with Crippen LogP contribution in [0.5, 0.6) is 5.75 Å². The third-order valence-electron chi connectivity index (χ3n) is 5.34. The minimum atomic E-state index is -3.58. The summed E-state index contributed by atoms with van der Waals surface area (Å²) in [5, 5.41) is 0.533. The number of aromatic nitrogens is 1. The van der Waals surface area contributed by atoms with Crippen LogP contribution in [0.4, 0.5) is 5.13 Å². The van der Waals surface area contributed by atoms with Gasteiger partial charge in [0.1, 0.15) is 5.75 Å². The Bertz CT molecular complexity index is 1380. The molecule has 0 saturated carbocycles. The van der Waals surface area contributed by atoms with Gasteiger partial charge in [-0.05, 0) is 49.7 Å². The second-order valence-corrected chi connectivity index (χ2v) is 11.0. The van der Waals surface area contributed by atoms with Crippen molar-refractivity contribution in [3.05, 3.63) is 83.9 Å². The Labute approximate surface area is 203 Å². The third-order valence-corrected chi connectivity index (χ3v) is 8.11. The number of aryl methyl sites for hydroxylation is 1. The van der Waals surface area contributed by atoms with Crippen molar-refractivity contribution in [2.75, 3.05) is 17.3 Å². The van der Waals surface area contributed by atoms with E-state index in [0.717, 1.165) is 27.1 Å². The van der Waals surface area contributed by atoms with Gasteiger partial charge in [-0.15, -0.1) is 0 Å². The van der Waals surface area contributed by atoms with E-state index in [9.17, 15) is 13.2 Å². The largest absolute Gasteiger partial charge is 0.494 e. The number of carbonyl (C=O) groups is 1. The topological polar surface area (TPSA) is 76.6 Å². The smallest absolute Gasteiger partial charge is 0.230 e. The van der Waals surface area contributed by atoms with Gasteiger partial charge in [-0.1, -0.05) is 59.4 Å². The van der Waals surface area contributed by atoms with Gasteiger partial charge >= 0.3 is 0 Å². The molecule has 3 aromatic carbocycles. The summed E-state index contributed by atoms with van der Waals surface area (Å²) in [5.74, 6) is 0.193. The summed E-state index contributed by atoms with van der Waals surface area (Å²) in [6, 6.07) is 21.9. The van der Waals surface area contributed by atoms with Gasteiger partial charge in [-0.2, -0.15) is 0 Å². The number of fused-ring (bicyclic) bond motifs is 1. The number of rotatable bonds is 9. The summed E-state index contributed by atoms with van der Waals surface area (Å²) >= 11 is 1.39. The molecule has 0 aliphatic rings. The first kappa shape index (κ1) is 23.9. The van der Waals surface area contributed by atoms with Crippen molar-refractivity contribution in [1.82, 2.24) is 4.98 Å². The second-order valence-electron chi connectivity index (χ2n) is 7.91. The summed E-state index contributed by atoms with van der Waals surface area (Å²) in [6.45, 7) is 4.69. The van der Waals surface area contributed by atoms with Crippen LogP contribution in [0.1, 0.15) is 24.5 Å². The SMILES string of the molecule is CCOc1ccc2nc(N(Cc3ccccc3)C(=O)CCS(=O)(=O)c3ccc(C)cc3)sc2c1. The first-order chi connectivity index (χ1) is 16.4. The molecule has 6 nitrogen and oxygen atoms in total. The van der Waals surface area contributed by atoms with Gasteiger partial charge in [0.2, 0.25) is 5.91 Å². The number of amides is 1. The minimum Gasteiger partial charge on any atom is -0.494 e. The summed E-state index contributed by atoms with van der Waals surface area (Å²) in [6.07, 6.45) is -0.136. The van der Waals surface area contributed by atoms with Crippen LogP contribution in [-0.4, -0.2) is 31.7 Å². The van der Waals surface area contributed by atoms with Crippen LogP contribution < -0.4 is 9.64 Å². The van der Waals surface area contributed by atoms with E-state index in [2.05, 4.69) is 4.98 Å². The van der Waals surface area contributed by atoms with Crippen LogP contribution in [0, 0.1) is 6.92 Å². The normalized spacial score (nSPS) is 11.5. The fourth-order valence-electron chi connectivity index (χ4n) is 3.51. The van der Waals surface area contributed by atoms with Gasteiger partial charge in [0.15, 0.2) is 15.0 Å². The molecule has 0 unspecified atom stereocenters. The summed E-state index contributed by atoms with van der Waals surface area (Å²) in [7, 11) is -3.58. The van der Waals surface area contributed by atoms with Crippen molar-refractivity contribution in [2.45, 2.75) is 31.7 Å². The summed E-state index contributed by atoms with van der Waals surface area (Å²) in [5.41, 5.74) is 2.68. The van der Waals surface area contributed by atoms with E-state index in [1.807, 2.05) is 62.4 Å². The fraction of sp³-hybridized carbons (Fsp3) is 0.231. The quantitative estimate of drug-likeness (QED) is 0.311. The lowest BCUT2D eigenvalue weighted by molar-refractivity contribution is -0.118. The van der Waals surface area contributed by atoms with Crippen molar-refractivity contribution >= 4 is 42.4 Å². The van der Waals surface area contributed by atoms with Crippen molar-refractivity contribution in [1.29, 1.82) is 0 Å². The maximum absolute atomic E-state index is 13.3. The molecule has 0 bridgehead atoms. The summed E-state index contributed by atoms with van der Waals surface area (Å²) < 4.78 is 32.1. The standard InChI is InChI=1S/C26H26N2O4S2/c1-3-32-21-11-14-23-24(17-21)33-26(27-23)28(18-20-7-5-4-6-8-20)25(29)15-16-34(30,31)22-12-9-19(2)10-13-22/h4-14,17H,3,15-16,18H2,1-2H3. The molecule has 4 aromatic rings. The Morgan fingerprint density at radius 3 is 2.47 bits per heavy atom. The number of hydrogen-bond donors (Lipinski definition) is 0. The number of benzene rings is 3. The van der Waals surface area contributed by atoms with Crippen LogP contribution in [-0.2, 0) is 21.2 Å². The van der Waals surface area contributed by atoms with Crippen LogP contribution in [0.15, 0.2) is 77.7 Å². The highest BCUT2D eigenvalue weighted by Crippen LogP contribution is 2.33. The monoisotopic (exact) mass is 494 g/mol. The zero-order chi connectivity index (χ0) is 24.1. The molecule has 1 amide bonds. The molecule has 0 spiro atoms. The molecule has 34 heavy (non-hydrogen) atoms. The van der Waals surface area contributed by atoms with Crippen molar-refractivity contribution in [3.8, 4) is 5.75 Å². The highest BCUT2D eigenvalue weighted by atomic mass is 32.2. The van der Waals surface area contributed by atoms with Gasteiger partial charge in [0, 0.05) is 6.42 Å². The molecule has 8 heteroatoms. The molecule has 0 aliphatic carbocycles. The van der Waals surface area contributed by atoms with Crippen molar-refractivity contribution in [2.24, 2.45) is 0 Å². The third kappa shape index (κ3) is 5.63. The van der Waals surface area contributed by atoms with E-state index in [1.165, 1.54) is 11.3 Å². The zero-order valence-electron chi connectivity index (χ0n) is 19.1. The number of hydrogen-bond acceptors (Lipinski definition) is 6. The summed E-state index contributed by atoms with van der Waals surface area (Å²) in [4.78, 5) is 19.8. The molecule has 4 rings (SSSR count). The van der Waals surface area contributed by atoms with Crippen molar-refractivity contribution < 1.29 is 17.9 Å². The Morgan fingerprint density at radius 1 is 1.03 bits per heavy atom. The molecule has 0 saturated heterocycles. The molecule has 0 atom stereocenters. The molecule has 1 heterocycles. The lowest BCUT2D eigenvalue weighted by atomic mass is 10.2. The van der Waals surface area contributed by atoms with Crippen LogP contribution in [0.2, 0.25) is 0 Å². The Kier molecular flexibility index (Phi) is 7.29. The number of anilines is 1. The van der Waals surface area contributed by atoms with E-state index < -0.39 is 9.84 Å². The number of sulfone groups is 1. The maximum Gasteiger partial charge on any atom is 0.230 e. The Morgan fingerprint density at radius 2 is 1.76 bits per heavy atom.